The molecule has 138 valence electrons. The molecule has 0 amide bonds. The van der Waals surface area contributed by atoms with Crippen molar-refractivity contribution in [1.29, 1.82) is 0 Å². The summed E-state index contributed by atoms with van der Waals surface area (Å²) in [6, 6.07) is 13.4. The van der Waals surface area contributed by atoms with Gasteiger partial charge in [0.1, 0.15) is 11.6 Å². The summed E-state index contributed by atoms with van der Waals surface area (Å²) in [4.78, 5) is 21.4. The highest BCUT2D eigenvalue weighted by Gasteiger charge is 2.07. The van der Waals surface area contributed by atoms with E-state index in [0.29, 0.717) is 17.4 Å². The van der Waals surface area contributed by atoms with E-state index < -0.39 is 0 Å². The maximum absolute atomic E-state index is 5.70. The van der Waals surface area contributed by atoms with E-state index in [2.05, 4.69) is 46.2 Å². The Morgan fingerprint density at radius 3 is 2.61 bits per heavy atom. The standard InChI is InChI=1S/C20H15BrN6O/c1-13-8-18(27-19(25-13)14-4-3-7-22-10-14)26-16-5-2-6-17(9-16)28-20-23-11-15(21)12-24-20/h2-12H,1H3,(H,25,26,27). The second-order valence-electron chi connectivity index (χ2n) is 5.90. The first kappa shape index (κ1) is 18.0. The Balaban J connectivity index is 1.56. The fraction of sp³-hybridized carbons (Fsp3) is 0.0500. The average Bonchev–Trinajstić information content (AvgIpc) is 2.70. The summed E-state index contributed by atoms with van der Waals surface area (Å²) in [6.45, 7) is 1.93. The van der Waals surface area contributed by atoms with Crippen LogP contribution in [0.4, 0.5) is 11.5 Å². The molecule has 28 heavy (non-hydrogen) atoms. The topological polar surface area (TPSA) is 85.7 Å². The molecule has 0 spiro atoms. The maximum atomic E-state index is 5.70. The third-order valence-electron chi connectivity index (χ3n) is 3.69. The van der Waals surface area contributed by atoms with Gasteiger partial charge in [0.05, 0.1) is 4.47 Å². The zero-order valence-electron chi connectivity index (χ0n) is 14.9. The highest BCUT2D eigenvalue weighted by molar-refractivity contribution is 9.10. The molecule has 0 aliphatic heterocycles. The van der Waals surface area contributed by atoms with Crippen molar-refractivity contribution in [3.8, 4) is 23.1 Å². The molecule has 3 aromatic heterocycles. The van der Waals surface area contributed by atoms with Crippen LogP contribution in [0, 0.1) is 6.92 Å². The molecule has 8 heteroatoms. The minimum atomic E-state index is 0.275. The van der Waals surface area contributed by atoms with Crippen LogP contribution in [0.25, 0.3) is 11.4 Å². The summed E-state index contributed by atoms with van der Waals surface area (Å²) in [6.07, 6.45) is 6.73. The summed E-state index contributed by atoms with van der Waals surface area (Å²) in [5.74, 6) is 1.92. The second-order valence-corrected chi connectivity index (χ2v) is 6.81. The zero-order chi connectivity index (χ0) is 19.3. The van der Waals surface area contributed by atoms with Gasteiger partial charge in [-0.05, 0) is 47.1 Å². The summed E-state index contributed by atoms with van der Waals surface area (Å²) in [5, 5.41) is 3.29. The van der Waals surface area contributed by atoms with Gasteiger partial charge in [0, 0.05) is 53.9 Å². The van der Waals surface area contributed by atoms with Crippen molar-refractivity contribution >= 4 is 27.4 Å². The number of ether oxygens (including phenoxy) is 1. The lowest BCUT2D eigenvalue weighted by Crippen LogP contribution is -1.99. The van der Waals surface area contributed by atoms with E-state index in [0.717, 1.165) is 21.4 Å². The van der Waals surface area contributed by atoms with Crippen molar-refractivity contribution < 1.29 is 4.74 Å². The number of benzene rings is 1. The first-order chi connectivity index (χ1) is 13.7. The molecule has 0 fully saturated rings. The zero-order valence-corrected chi connectivity index (χ0v) is 16.5. The van der Waals surface area contributed by atoms with E-state index >= 15 is 0 Å². The minimum absolute atomic E-state index is 0.275. The van der Waals surface area contributed by atoms with Crippen LogP contribution in [0.3, 0.4) is 0 Å². The molecule has 0 unspecified atom stereocenters. The normalized spacial score (nSPS) is 10.5. The van der Waals surface area contributed by atoms with Gasteiger partial charge in [0.2, 0.25) is 0 Å². The number of nitrogens with one attached hydrogen (secondary N) is 1. The average molecular weight is 435 g/mol. The number of anilines is 2. The van der Waals surface area contributed by atoms with Crippen molar-refractivity contribution in [3.63, 3.8) is 0 Å². The summed E-state index contributed by atoms with van der Waals surface area (Å²) < 4.78 is 6.49. The van der Waals surface area contributed by atoms with Gasteiger partial charge < -0.3 is 10.1 Å². The quantitative estimate of drug-likeness (QED) is 0.476. The van der Waals surface area contributed by atoms with Crippen molar-refractivity contribution in [2.24, 2.45) is 0 Å². The molecule has 3 heterocycles. The molecule has 4 aromatic rings. The third-order valence-corrected chi connectivity index (χ3v) is 4.10. The molecule has 0 aliphatic rings. The number of hydrogen-bond acceptors (Lipinski definition) is 7. The molecule has 4 rings (SSSR count). The summed E-state index contributed by atoms with van der Waals surface area (Å²) >= 11 is 3.30. The van der Waals surface area contributed by atoms with Crippen LogP contribution in [0.1, 0.15) is 5.69 Å². The van der Waals surface area contributed by atoms with Crippen LogP contribution in [0.5, 0.6) is 11.8 Å². The van der Waals surface area contributed by atoms with Gasteiger partial charge in [0.25, 0.3) is 0 Å². The largest absolute Gasteiger partial charge is 0.424 e. The molecule has 1 N–H and O–H groups in total. The Morgan fingerprint density at radius 1 is 0.964 bits per heavy atom. The van der Waals surface area contributed by atoms with E-state index in [9.17, 15) is 0 Å². The molecular weight excluding hydrogens is 420 g/mol. The van der Waals surface area contributed by atoms with E-state index in [-0.39, 0.29) is 6.01 Å². The van der Waals surface area contributed by atoms with Crippen LogP contribution < -0.4 is 10.1 Å². The maximum Gasteiger partial charge on any atom is 0.321 e. The van der Waals surface area contributed by atoms with Crippen LogP contribution in [-0.4, -0.2) is 24.9 Å². The molecule has 1 aromatic carbocycles. The molecule has 0 aliphatic carbocycles. The fourth-order valence-electron chi connectivity index (χ4n) is 2.50. The molecule has 0 atom stereocenters. The smallest absolute Gasteiger partial charge is 0.321 e. The molecule has 7 nitrogen and oxygen atoms in total. The molecule has 0 radical (unpaired) electrons. The number of aryl methyl sites for hydroxylation is 1. The highest BCUT2D eigenvalue weighted by Crippen LogP contribution is 2.25. The lowest BCUT2D eigenvalue weighted by Gasteiger charge is -2.10. The monoisotopic (exact) mass is 434 g/mol. The van der Waals surface area contributed by atoms with Gasteiger partial charge in [-0.3, -0.25) is 4.98 Å². The van der Waals surface area contributed by atoms with Crippen LogP contribution in [-0.2, 0) is 0 Å². The van der Waals surface area contributed by atoms with Crippen molar-refractivity contribution in [3.05, 3.63) is 77.4 Å². The van der Waals surface area contributed by atoms with Crippen LogP contribution >= 0.6 is 15.9 Å². The summed E-state index contributed by atoms with van der Waals surface area (Å²) in [7, 11) is 0. The molecular formula is C20H15BrN6O. The van der Waals surface area contributed by atoms with Crippen molar-refractivity contribution in [1.82, 2.24) is 24.9 Å². The fourth-order valence-corrected chi connectivity index (χ4v) is 2.71. The number of nitrogens with zero attached hydrogens (tertiary/aromatic N) is 5. The number of aromatic nitrogens is 5. The van der Waals surface area contributed by atoms with E-state index in [1.807, 2.05) is 49.4 Å². The SMILES string of the molecule is Cc1cc(Nc2cccc(Oc3ncc(Br)cn3)c2)nc(-c2cccnc2)n1. The predicted molar refractivity (Wildman–Crippen MR) is 110 cm³/mol. The molecule has 0 saturated carbocycles. The van der Waals surface area contributed by atoms with Crippen molar-refractivity contribution in [2.75, 3.05) is 5.32 Å². The Bertz CT molecular complexity index is 1090. The van der Waals surface area contributed by atoms with Gasteiger partial charge in [-0.1, -0.05) is 6.07 Å². The first-order valence-electron chi connectivity index (χ1n) is 8.44. The van der Waals surface area contributed by atoms with Gasteiger partial charge in [-0.2, -0.15) is 0 Å². The van der Waals surface area contributed by atoms with Gasteiger partial charge in [-0.15, -0.1) is 0 Å². The lowest BCUT2D eigenvalue weighted by molar-refractivity contribution is 0.441. The van der Waals surface area contributed by atoms with Gasteiger partial charge in [-0.25, -0.2) is 19.9 Å². The van der Waals surface area contributed by atoms with Crippen molar-refractivity contribution in [2.45, 2.75) is 6.92 Å². The molecule has 0 saturated heterocycles. The van der Waals surface area contributed by atoms with E-state index in [1.165, 1.54) is 0 Å². The Kier molecular flexibility index (Phi) is 5.20. The number of hydrogen-bond donors (Lipinski definition) is 1. The Hall–Kier alpha value is -3.39. The Labute approximate surface area is 170 Å². The third kappa shape index (κ3) is 4.47. The van der Waals surface area contributed by atoms with Gasteiger partial charge in [0.15, 0.2) is 5.82 Å². The minimum Gasteiger partial charge on any atom is -0.424 e. The second kappa shape index (κ2) is 8.10. The van der Waals surface area contributed by atoms with Gasteiger partial charge >= 0.3 is 6.01 Å². The summed E-state index contributed by atoms with van der Waals surface area (Å²) in [5.41, 5.74) is 2.54. The number of pyridine rings is 1. The van der Waals surface area contributed by atoms with E-state index in [1.54, 1.807) is 24.8 Å². The lowest BCUT2D eigenvalue weighted by atomic mass is 10.2. The number of rotatable bonds is 5. The van der Waals surface area contributed by atoms with Crippen LogP contribution in [0.2, 0.25) is 0 Å². The highest BCUT2D eigenvalue weighted by atomic mass is 79.9. The van der Waals surface area contributed by atoms with E-state index in [4.69, 9.17) is 4.74 Å². The van der Waals surface area contributed by atoms with Crippen LogP contribution in [0.15, 0.2) is 71.7 Å². The predicted octanol–water partition coefficient (Wildman–Crippen LogP) is 4.94. The Morgan fingerprint density at radius 2 is 1.82 bits per heavy atom. The first-order valence-corrected chi connectivity index (χ1v) is 9.23. The molecule has 0 bridgehead atoms. The number of halogens is 1.